The Bertz CT molecular complexity index is 1160. The second-order valence-corrected chi connectivity index (χ2v) is 7.22. The number of likely N-dealkylation sites (tertiary alicyclic amines) is 1. The third-order valence-electron chi connectivity index (χ3n) is 5.30. The van der Waals surface area contributed by atoms with Crippen LogP contribution in [0.1, 0.15) is 28.4 Å². The van der Waals surface area contributed by atoms with Crippen LogP contribution in [-0.4, -0.2) is 38.8 Å². The fourth-order valence-electron chi connectivity index (χ4n) is 3.75. The quantitative estimate of drug-likeness (QED) is 0.390. The summed E-state index contributed by atoms with van der Waals surface area (Å²) in [6.45, 7) is 1.99. The number of benzene rings is 1. The van der Waals surface area contributed by atoms with E-state index in [9.17, 15) is 14.7 Å². The number of nitrogens with zero attached hydrogens (tertiary/aromatic N) is 3. The number of aliphatic hydroxyl groups is 1. The zero-order chi connectivity index (χ0) is 22.0. The fourth-order valence-corrected chi connectivity index (χ4v) is 3.75. The number of hydrogen-bond acceptors (Lipinski definition) is 6. The number of aromatic nitrogens is 2. The minimum atomic E-state index is -0.809. The summed E-state index contributed by atoms with van der Waals surface area (Å²) >= 11 is 0. The lowest BCUT2D eigenvalue weighted by atomic mass is 9.96. The average molecular weight is 415 g/mol. The Morgan fingerprint density at radius 3 is 2.52 bits per heavy atom. The van der Waals surface area contributed by atoms with Crippen molar-refractivity contribution in [3.63, 3.8) is 0 Å². The average Bonchev–Trinajstić information content (AvgIpc) is 3.04. The number of ketones is 1. The molecule has 7 heteroatoms. The zero-order valence-electron chi connectivity index (χ0n) is 17.1. The number of pyridine rings is 2. The largest absolute Gasteiger partial charge is 0.507 e. The van der Waals surface area contributed by atoms with Gasteiger partial charge in [-0.05, 0) is 60.5 Å². The highest BCUT2D eigenvalue weighted by Crippen LogP contribution is 2.40. The first-order valence-corrected chi connectivity index (χ1v) is 9.74. The van der Waals surface area contributed by atoms with Gasteiger partial charge in [-0.15, -0.1) is 0 Å². The Labute approximate surface area is 179 Å². The molecule has 1 saturated heterocycles. The number of methoxy groups -OCH3 is 1. The molecular weight excluding hydrogens is 394 g/mol. The molecule has 156 valence electrons. The highest BCUT2D eigenvalue weighted by Gasteiger charge is 2.46. The lowest BCUT2D eigenvalue weighted by Gasteiger charge is -2.24. The molecule has 2 aromatic heterocycles. The topological polar surface area (TPSA) is 92.6 Å². The van der Waals surface area contributed by atoms with Gasteiger partial charge in [0, 0.05) is 30.7 Å². The van der Waals surface area contributed by atoms with Crippen molar-refractivity contribution >= 4 is 17.4 Å². The number of hydrogen-bond donors (Lipinski definition) is 1. The molecule has 1 aliphatic heterocycles. The molecule has 1 aromatic carbocycles. The van der Waals surface area contributed by atoms with E-state index in [-0.39, 0.29) is 17.9 Å². The lowest BCUT2D eigenvalue weighted by Crippen LogP contribution is -2.29. The highest BCUT2D eigenvalue weighted by atomic mass is 16.5. The van der Waals surface area contributed by atoms with Crippen LogP contribution in [0, 0.1) is 6.92 Å². The molecule has 1 fully saturated rings. The fraction of sp³-hybridized carbons (Fsp3) is 0.167. The van der Waals surface area contributed by atoms with Gasteiger partial charge in [0.2, 0.25) is 0 Å². The van der Waals surface area contributed by atoms with Crippen molar-refractivity contribution in [3.8, 4) is 5.75 Å². The zero-order valence-corrected chi connectivity index (χ0v) is 17.1. The number of ether oxygens (including phenoxy) is 1. The van der Waals surface area contributed by atoms with Crippen LogP contribution in [0.5, 0.6) is 5.75 Å². The SMILES string of the molecule is COc1ccc(/C(O)=C2/C(=O)C(=O)N(Cc3ccncc3)C2c2ccccn2)c(C)c1. The molecule has 31 heavy (non-hydrogen) atoms. The lowest BCUT2D eigenvalue weighted by molar-refractivity contribution is -0.140. The maximum atomic E-state index is 13.1. The number of carbonyl (C=O) groups is 2. The second kappa shape index (κ2) is 8.39. The van der Waals surface area contributed by atoms with Gasteiger partial charge in [0.15, 0.2) is 0 Å². The molecule has 1 aliphatic rings. The standard InChI is InChI=1S/C24H21N3O4/c1-15-13-17(31-2)6-7-18(15)22(28)20-21(19-5-3-4-10-26-19)27(24(30)23(20)29)14-16-8-11-25-12-9-16/h3-13,21,28H,14H2,1-2H3/b22-20-. The van der Waals surface area contributed by atoms with Crippen LogP contribution in [0.4, 0.5) is 0 Å². The van der Waals surface area contributed by atoms with Gasteiger partial charge in [0.1, 0.15) is 17.6 Å². The third kappa shape index (κ3) is 3.77. The molecule has 7 nitrogen and oxygen atoms in total. The van der Waals surface area contributed by atoms with Gasteiger partial charge in [-0.3, -0.25) is 19.6 Å². The smallest absolute Gasteiger partial charge is 0.296 e. The van der Waals surface area contributed by atoms with E-state index in [1.54, 1.807) is 81.2 Å². The number of aliphatic hydroxyl groups excluding tert-OH is 1. The molecule has 0 bridgehead atoms. The van der Waals surface area contributed by atoms with Gasteiger partial charge in [0.05, 0.1) is 18.4 Å². The van der Waals surface area contributed by atoms with E-state index in [0.29, 0.717) is 17.0 Å². The van der Waals surface area contributed by atoms with Crippen LogP contribution in [-0.2, 0) is 16.1 Å². The monoisotopic (exact) mass is 415 g/mol. The molecule has 4 rings (SSSR count). The molecule has 0 radical (unpaired) electrons. The Morgan fingerprint density at radius 2 is 1.87 bits per heavy atom. The molecular formula is C24H21N3O4. The molecule has 1 N–H and O–H groups in total. The summed E-state index contributed by atoms with van der Waals surface area (Å²) in [5.41, 5.74) is 2.52. The first kappa shape index (κ1) is 20.3. The van der Waals surface area contributed by atoms with Crippen molar-refractivity contribution in [2.24, 2.45) is 0 Å². The van der Waals surface area contributed by atoms with Gasteiger partial charge in [0.25, 0.3) is 11.7 Å². The van der Waals surface area contributed by atoms with Crippen molar-refractivity contribution in [2.45, 2.75) is 19.5 Å². The van der Waals surface area contributed by atoms with E-state index >= 15 is 0 Å². The number of carbonyl (C=O) groups excluding carboxylic acids is 2. The van der Waals surface area contributed by atoms with Crippen LogP contribution < -0.4 is 4.74 Å². The van der Waals surface area contributed by atoms with Gasteiger partial charge in [-0.2, -0.15) is 0 Å². The van der Waals surface area contributed by atoms with Crippen LogP contribution in [0.15, 0.2) is 72.7 Å². The Balaban J connectivity index is 1.86. The molecule has 1 unspecified atom stereocenters. The van der Waals surface area contributed by atoms with E-state index in [1.807, 2.05) is 0 Å². The summed E-state index contributed by atoms with van der Waals surface area (Å²) in [7, 11) is 1.56. The normalized spacial score (nSPS) is 17.7. The summed E-state index contributed by atoms with van der Waals surface area (Å²) in [6.07, 6.45) is 4.85. The van der Waals surface area contributed by atoms with Crippen molar-refractivity contribution < 1.29 is 19.4 Å². The molecule has 1 amide bonds. The van der Waals surface area contributed by atoms with Crippen molar-refractivity contribution in [1.29, 1.82) is 0 Å². The minimum absolute atomic E-state index is 0.0195. The maximum absolute atomic E-state index is 13.1. The van der Waals surface area contributed by atoms with E-state index in [0.717, 1.165) is 11.1 Å². The Morgan fingerprint density at radius 1 is 1.10 bits per heavy atom. The van der Waals surface area contributed by atoms with E-state index in [4.69, 9.17) is 4.74 Å². The second-order valence-electron chi connectivity index (χ2n) is 7.22. The number of aryl methyl sites for hydroxylation is 1. The highest BCUT2D eigenvalue weighted by molar-refractivity contribution is 6.46. The Kier molecular flexibility index (Phi) is 5.49. The van der Waals surface area contributed by atoms with E-state index in [1.165, 1.54) is 4.90 Å². The summed E-state index contributed by atoms with van der Waals surface area (Å²) in [6, 6.07) is 13.2. The van der Waals surface area contributed by atoms with Gasteiger partial charge < -0.3 is 14.7 Å². The van der Waals surface area contributed by atoms with Crippen LogP contribution in [0.3, 0.4) is 0 Å². The maximum Gasteiger partial charge on any atom is 0.296 e. The summed E-state index contributed by atoms with van der Waals surface area (Å²) in [5, 5.41) is 11.2. The van der Waals surface area contributed by atoms with Crippen molar-refractivity contribution in [1.82, 2.24) is 14.9 Å². The minimum Gasteiger partial charge on any atom is -0.507 e. The third-order valence-corrected chi connectivity index (χ3v) is 5.30. The van der Waals surface area contributed by atoms with Crippen LogP contribution >= 0.6 is 0 Å². The number of amides is 1. The summed E-state index contributed by atoms with van der Waals surface area (Å²) in [5.74, 6) is -1.02. The van der Waals surface area contributed by atoms with E-state index < -0.39 is 17.7 Å². The summed E-state index contributed by atoms with van der Waals surface area (Å²) in [4.78, 5) is 35.9. The molecule has 0 saturated carbocycles. The van der Waals surface area contributed by atoms with Gasteiger partial charge in [-0.25, -0.2) is 0 Å². The molecule has 3 heterocycles. The van der Waals surface area contributed by atoms with Crippen molar-refractivity contribution in [3.05, 3.63) is 95.1 Å². The summed E-state index contributed by atoms with van der Waals surface area (Å²) < 4.78 is 5.23. The Hall–Kier alpha value is -4.00. The van der Waals surface area contributed by atoms with Crippen LogP contribution in [0.2, 0.25) is 0 Å². The van der Waals surface area contributed by atoms with Crippen LogP contribution in [0.25, 0.3) is 5.76 Å². The molecule has 1 atom stereocenters. The van der Waals surface area contributed by atoms with Gasteiger partial charge in [-0.1, -0.05) is 6.07 Å². The van der Waals surface area contributed by atoms with E-state index in [2.05, 4.69) is 9.97 Å². The van der Waals surface area contributed by atoms with Gasteiger partial charge >= 0.3 is 0 Å². The molecule has 3 aromatic rings. The first-order chi connectivity index (χ1) is 15.0. The molecule has 0 aliphatic carbocycles. The predicted molar refractivity (Wildman–Crippen MR) is 114 cm³/mol. The first-order valence-electron chi connectivity index (χ1n) is 9.74. The number of rotatable bonds is 5. The number of Topliss-reactive ketones (excluding diaryl/α,β-unsaturated/α-hetero) is 1. The van der Waals surface area contributed by atoms with Crippen molar-refractivity contribution in [2.75, 3.05) is 7.11 Å². The predicted octanol–water partition coefficient (Wildman–Crippen LogP) is 3.42. The molecule has 0 spiro atoms.